The van der Waals surface area contributed by atoms with Gasteiger partial charge in [-0.15, -0.1) is 0 Å². The topological polar surface area (TPSA) is 55.1 Å². The summed E-state index contributed by atoms with van der Waals surface area (Å²) in [6.07, 6.45) is 1.75. The van der Waals surface area contributed by atoms with E-state index in [1.54, 1.807) is 17.5 Å². The first-order chi connectivity index (χ1) is 11.3. The summed E-state index contributed by atoms with van der Waals surface area (Å²) < 4.78 is 6.61. The number of anilines is 1. The SMILES string of the molecule is CN(Cc1cc(-c2ccccn2)no1)c1nc2ccccc2s1. The molecule has 4 rings (SSSR count). The molecule has 0 spiro atoms. The van der Waals surface area contributed by atoms with Crippen molar-refractivity contribution >= 4 is 26.7 Å². The van der Waals surface area contributed by atoms with Crippen molar-refractivity contribution in [2.75, 3.05) is 11.9 Å². The van der Waals surface area contributed by atoms with Gasteiger partial charge >= 0.3 is 0 Å². The van der Waals surface area contributed by atoms with Crippen molar-refractivity contribution in [1.29, 1.82) is 0 Å². The predicted octanol–water partition coefficient (Wildman–Crippen LogP) is 3.98. The lowest BCUT2D eigenvalue weighted by Gasteiger charge is -2.12. The predicted molar refractivity (Wildman–Crippen MR) is 91.5 cm³/mol. The fourth-order valence-corrected chi connectivity index (χ4v) is 3.27. The summed E-state index contributed by atoms with van der Waals surface area (Å²) in [7, 11) is 2.00. The monoisotopic (exact) mass is 322 g/mol. The number of benzene rings is 1. The number of para-hydroxylation sites is 1. The van der Waals surface area contributed by atoms with Crippen molar-refractivity contribution in [3.63, 3.8) is 0 Å². The van der Waals surface area contributed by atoms with Crippen LogP contribution in [0, 0.1) is 0 Å². The van der Waals surface area contributed by atoms with Crippen molar-refractivity contribution in [2.24, 2.45) is 0 Å². The number of pyridine rings is 1. The van der Waals surface area contributed by atoms with Gasteiger partial charge in [0, 0.05) is 19.3 Å². The molecule has 0 unspecified atom stereocenters. The number of nitrogens with zero attached hydrogens (tertiary/aromatic N) is 4. The molecule has 0 fully saturated rings. The van der Waals surface area contributed by atoms with Crippen LogP contribution < -0.4 is 4.90 Å². The number of aromatic nitrogens is 3. The average molecular weight is 322 g/mol. The van der Waals surface area contributed by atoms with Crippen molar-refractivity contribution in [2.45, 2.75) is 6.54 Å². The fourth-order valence-electron chi connectivity index (χ4n) is 2.35. The second-order valence-electron chi connectivity index (χ2n) is 5.21. The molecular formula is C17H14N4OS. The van der Waals surface area contributed by atoms with E-state index in [2.05, 4.69) is 26.1 Å². The molecule has 0 saturated heterocycles. The molecule has 0 bridgehead atoms. The van der Waals surface area contributed by atoms with Crippen LogP contribution in [0.2, 0.25) is 0 Å². The Morgan fingerprint density at radius 2 is 1.96 bits per heavy atom. The van der Waals surface area contributed by atoms with Crippen LogP contribution in [-0.2, 0) is 6.54 Å². The van der Waals surface area contributed by atoms with Crippen LogP contribution in [0.15, 0.2) is 59.3 Å². The minimum absolute atomic E-state index is 0.611. The van der Waals surface area contributed by atoms with Gasteiger partial charge in [-0.2, -0.15) is 0 Å². The standard InChI is InChI=1S/C17H14N4OS/c1-21(17-19-14-7-2-3-8-16(14)23-17)11-12-10-15(20-22-12)13-6-4-5-9-18-13/h2-10H,11H2,1H3. The third-order valence-corrected chi connectivity index (χ3v) is 4.64. The highest BCUT2D eigenvalue weighted by Gasteiger charge is 2.13. The number of rotatable bonds is 4. The van der Waals surface area contributed by atoms with E-state index in [0.717, 1.165) is 27.8 Å². The Labute approximate surface area is 137 Å². The van der Waals surface area contributed by atoms with Gasteiger partial charge in [0.2, 0.25) is 0 Å². The third kappa shape index (κ3) is 2.80. The van der Waals surface area contributed by atoms with Gasteiger partial charge in [0.05, 0.1) is 22.5 Å². The van der Waals surface area contributed by atoms with E-state index in [1.165, 1.54) is 4.70 Å². The first-order valence-electron chi connectivity index (χ1n) is 7.23. The van der Waals surface area contributed by atoms with Crippen LogP contribution in [-0.4, -0.2) is 22.2 Å². The van der Waals surface area contributed by atoms with Crippen LogP contribution in [0.5, 0.6) is 0 Å². The van der Waals surface area contributed by atoms with Crippen molar-refractivity contribution in [3.8, 4) is 11.4 Å². The van der Waals surface area contributed by atoms with Gasteiger partial charge in [-0.1, -0.05) is 34.7 Å². The van der Waals surface area contributed by atoms with E-state index in [9.17, 15) is 0 Å². The highest BCUT2D eigenvalue weighted by Crippen LogP contribution is 2.29. The van der Waals surface area contributed by atoms with Crippen molar-refractivity contribution in [1.82, 2.24) is 15.1 Å². The first kappa shape index (κ1) is 13.9. The summed E-state index contributed by atoms with van der Waals surface area (Å²) in [5, 5.41) is 5.05. The van der Waals surface area contributed by atoms with Gasteiger partial charge in [-0.3, -0.25) is 4.98 Å². The maximum absolute atomic E-state index is 5.43. The molecule has 0 radical (unpaired) electrons. The molecule has 3 aromatic heterocycles. The van der Waals surface area contributed by atoms with Gasteiger partial charge in [0.15, 0.2) is 10.9 Å². The molecule has 0 aliphatic rings. The average Bonchev–Trinajstić information content (AvgIpc) is 3.22. The zero-order valence-electron chi connectivity index (χ0n) is 12.5. The van der Waals surface area contributed by atoms with Crippen LogP contribution >= 0.6 is 11.3 Å². The Bertz CT molecular complexity index is 899. The smallest absolute Gasteiger partial charge is 0.186 e. The lowest BCUT2D eigenvalue weighted by Crippen LogP contribution is -2.15. The summed E-state index contributed by atoms with van der Waals surface area (Å²) in [6, 6.07) is 15.8. The maximum Gasteiger partial charge on any atom is 0.186 e. The molecule has 3 heterocycles. The van der Waals surface area contributed by atoms with E-state index in [-0.39, 0.29) is 0 Å². The van der Waals surface area contributed by atoms with Gasteiger partial charge in [0.1, 0.15) is 5.69 Å². The van der Waals surface area contributed by atoms with Crippen LogP contribution in [0.3, 0.4) is 0 Å². The van der Waals surface area contributed by atoms with Gasteiger partial charge < -0.3 is 9.42 Å². The lowest BCUT2D eigenvalue weighted by atomic mass is 10.2. The molecule has 0 aliphatic carbocycles. The normalized spacial score (nSPS) is 11.0. The molecule has 5 nitrogen and oxygen atoms in total. The number of thiazole rings is 1. The van der Waals surface area contributed by atoms with Crippen LogP contribution in [0.4, 0.5) is 5.13 Å². The molecule has 4 aromatic rings. The molecule has 0 saturated carbocycles. The molecule has 6 heteroatoms. The van der Waals surface area contributed by atoms with Crippen LogP contribution in [0.1, 0.15) is 5.76 Å². The Balaban J connectivity index is 1.54. The molecule has 0 amide bonds. The van der Waals surface area contributed by atoms with E-state index >= 15 is 0 Å². The second kappa shape index (κ2) is 5.81. The van der Waals surface area contributed by atoms with Gasteiger partial charge in [-0.25, -0.2) is 4.98 Å². The summed E-state index contributed by atoms with van der Waals surface area (Å²) in [4.78, 5) is 11.0. The number of hydrogen-bond donors (Lipinski definition) is 0. The largest absolute Gasteiger partial charge is 0.359 e. The van der Waals surface area contributed by atoms with Gasteiger partial charge in [0.25, 0.3) is 0 Å². The summed E-state index contributed by atoms with van der Waals surface area (Å²) in [5.74, 6) is 0.785. The Hall–Kier alpha value is -2.73. The quantitative estimate of drug-likeness (QED) is 0.569. The van der Waals surface area contributed by atoms with Gasteiger partial charge in [-0.05, 0) is 24.3 Å². The molecule has 0 atom stereocenters. The summed E-state index contributed by atoms with van der Waals surface area (Å²) in [5.41, 5.74) is 2.58. The van der Waals surface area contributed by atoms with E-state index in [4.69, 9.17) is 4.52 Å². The van der Waals surface area contributed by atoms with E-state index in [1.807, 2.05) is 49.5 Å². The fraction of sp³-hybridized carbons (Fsp3) is 0.118. The molecule has 0 aliphatic heterocycles. The first-order valence-corrected chi connectivity index (χ1v) is 8.05. The van der Waals surface area contributed by atoms with Crippen molar-refractivity contribution in [3.05, 3.63) is 60.5 Å². The Kier molecular flexibility index (Phi) is 3.51. The Morgan fingerprint density at radius 3 is 2.78 bits per heavy atom. The van der Waals surface area contributed by atoms with Crippen LogP contribution in [0.25, 0.3) is 21.6 Å². The molecule has 1 aromatic carbocycles. The number of fused-ring (bicyclic) bond motifs is 1. The van der Waals surface area contributed by atoms with E-state index < -0.39 is 0 Å². The zero-order chi connectivity index (χ0) is 15.6. The lowest BCUT2D eigenvalue weighted by molar-refractivity contribution is 0.385. The molecular weight excluding hydrogens is 308 g/mol. The zero-order valence-corrected chi connectivity index (χ0v) is 13.3. The number of hydrogen-bond acceptors (Lipinski definition) is 6. The summed E-state index contributed by atoms with van der Waals surface area (Å²) >= 11 is 1.67. The molecule has 114 valence electrons. The highest BCUT2D eigenvalue weighted by atomic mass is 32.1. The maximum atomic E-state index is 5.43. The third-order valence-electron chi connectivity index (χ3n) is 3.49. The minimum Gasteiger partial charge on any atom is -0.359 e. The molecule has 23 heavy (non-hydrogen) atoms. The Morgan fingerprint density at radius 1 is 1.09 bits per heavy atom. The molecule has 0 N–H and O–H groups in total. The second-order valence-corrected chi connectivity index (χ2v) is 6.22. The summed E-state index contributed by atoms with van der Waals surface area (Å²) in [6.45, 7) is 0.611. The highest BCUT2D eigenvalue weighted by molar-refractivity contribution is 7.22. The minimum atomic E-state index is 0.611. The van der Waals surface area contributed by atoms with E-state index in [0.29, 0.717) is 6.54 Å². The van der Waals surface area contributed by atoms with Crippen molar-refractivity contribution < 1.29 is 4.52 Å².